The van der Waals surface area contributed by atoms with Crippen LogP contribution in [0.3, 0.4) is 0 Å². The second-order valence-corrected chi connectivity index (χ2v) is 10.8. The van der Waals surface area contributed by atoms with Crippen molar-refractivity contribution in [2.45, 2.75) is 122 Å². The number of aromatic hydroxyl groups is 1. The molecular weight excluding hydrogens is 508 g/mol. The first kappa shape index (κ1) is 33.7. The molecule has 40 heavy (non-hydrogen) atoms. The molecule has 1 N–H and O–H groups in total. The number of hydrogen-bond donors (Lipinski definition) is 1. The average Bonchev–Trinajstić information content (AvgIpc) is 2.96. The third-order valence-corrected chi connectivity index (χ3v) is 7.34. The molecule has 1 aliphatic rings. The Bertz CT molecular complexity index is 851. The minimum Gasteiger partial charge on any atom is -0.504 e. The molecule has 0 aromatic heterocycles. The van der Waals surface area contributed by atoms with Crippen LogP contribution in [-0.2, 0) is 23.8 Å². The van der Waals surface area contributed by atoms with E-state index in [2.05, 4.69) is 0 Å². The standard InChI is InChI=1S/C33H52O7/c1-37-31-25-28(20-22-30(31)34)21-23-33(36)40-27-29-26-39-32(35)19-17-15-13-11-9-7-5-3-2-4-6-8-10-12-14-16-18-24-38-29/h20-23,25,29,34H,2-19,24,26-27H2,1H3/b23-21+. The molecule has 1 aliphatic heterocycles. The Balaban J connectivity index is 1.80. The van der Waals surface area contributed by atoms with Crippen molar-refractivity contribution in [3.05, 3.63) is 29.8 Å². The van der Waals surface area contributed by atoms with Gasteiger partial charge in [-0.2, -0.15) is 0 Å². The summed E-state index contributed by atoms with van der Waals surface area (Å²) in [4.78, 5) is 24.6. The van der Waals surface area contributed by atoms with Crippen molar-refractivity contribution in [3.8, 4) is 11.5 Å². The Morgan fingerprint density at radius 3 is 2.00 bits per heavy atom. The molecule has 1 aromatic carbocycles. The summed E-state index contributed by atoms with van der Waals surface area (Å²) < 4.78 is 21.9. The van der Waals surface area contributed by atoms with Gasteiger partial charge in [0, 0.05) is 19.1 Å². The predicted molar refractivity (Wildman–Crippen MR) is 158 cm³/mol. The number of hydrogen-bond acceptors (Lipinski definition) is 7. The van der Waals surface area contributed by atoms with Crippen LogP contribution >= 0.6 is 0 Å². The van der Waals surface area contributed by atoms with Gasteiger partial charge in [0.1, 0.15) is 19.3 Å². The number of carbonyl (C=O) groups is 2. The van der Waals surface area contributed by atoms with E-state index in [-0.39, 0.29) is 24.9 Å². The summed E-state index contributed by atoms with van der Waals surface area (Å²) in [5.74, 6) is -0.393. The van der Waals surface area contributed by atoms with E-state index >= 15 is 0 Å². The first-order valence-electron chi connectivity index (χ1n) is 15.6. The van der Waals surface area contributed by atoms with Crippen LogP contribution in [0.1, 0.15) is 121 Å². The zero-order chi connectivity index (χ0) is 28.7. The van der Waals surface area contributed by atoms with E-state index in [9.17, 15) is 14.7 Å². The number of methoxy groups -OCH3 is 1. The van der Waals surface area contributed by atoms with E-state index in [1.54, 1.807) is 18.2 Å². The summed E-state index contributed by atoms with van der Waals surface area (Å²) in [6.07, 6.45) is 23.7. The molecule has 1 aromatic rings. The van der Waals surface area contributed by atoms with Gasteiger partial charge >= 0.3 is 11.9 Å². The topological polar surface area (TPSA) is 91.3 Å². The van der Waals surface area contributed by atoms with Crippen molar-refractivity contribution < 1.29 is 33.6 Å². The molecule has 0 spiro atoms. The number of benzene rings is 1. The van der Waals surface area contributed by atoms with Crippen LogP contribution in [0, 0.1) is 0 Å². The van der Waals surface area contributed by atoms with Gasteiger partial charge in [-0.05, 0) is 36.6 Å². The Morgan fingerprint density at radius 1 is 0.875 bits per heavy atom. The monoisotopic (exact) mass is 560 g/mol. The maximum atomic E-state index is 12.3. The Kier molecular flexibility index (Phi) is 18.7. The highest BCUT2D eigenvalue weighted by Crippen LogP contribution is 2.26. The lowest BCUT2D eigenvalue weighted by atomic mass is 10.0. The summed E-state index contributed by atoms with van der Waals surface area (Å²) in [6.45, 7) is 0.628. The van der Waals surface area contributed by atoms with Gasteiger partial charge in [0.15, 0.2) is 11.5 Å². The molecule has 1 heterocycles. The van der Waals surface area contributed by atoms with Crippen molar-refractivity contribution in [2.24, 2.45) is 0 Å². The third-order valence-electron chi connectivity index (χ3n) is 7.34. The van der Waals surface area contributed by atoms with E-state index < -0.39 is 12.1 Å². The molecular formula is C33H52O7. The Labute approximate surface area is 241 Å². The van der Waals surface area contributed by atoms with Gasteiger partial charge in [-0.1, -0.05) is 102 Å². The van der Waals surface area contributed by atoms with Crippen LogP contribution in [0.2, 0.25) is 0 Å². The second-order valence-electron chi connectivity index (χ2n) is 10.8. The van der Waals surface area contributed by atoms with Crippen molar-refractivity contribution >= 4 is 18.0 Å². The average molecular weight is 561 g/mol. The van der Waals surface area contributed by atoms with Gasteiger partial charge in [-0.15, -0.1) is 0 Å². The van der Waals surface area contributed by atoms with E-state index in [4.69, 9.17) is 18.9 Å². The molecule has 0 bridgehead atoms. The number of phenolic OH excluding ortho intramolecular Hbond substituents is 1. The van der Waals surface area contributed by atoms with Crippen molar-refractivity contribution in [3.63, 3.8) is 0 Å². The normalized spacial score (nSPS) is 20.7. The van der Waals surface area contributed by atoms with Gasteiger partial charge in [-0.3, -0.25) is 4.79 Å². The molecule has 0 saturated carbocycles. The molecule has 0 aliphatic carbocycles. The molecule has 0 radical (unpaired) electrons. The van der Waals surface area contributed by atoms with Gasteiger partial charge in [0.2, 0.25) is 0 Å². The lowest BCUT2D eigenvalue weighted by molar-refractivity contribution is -0.153. The fraction of sp³-hybridized carbons (Fsp3) is 0.697. The predicted octanol–water partition coefficient (Wildman–Crippen LogP) is 7.92. The van der Waals surface area contributed by atoms with Crippen LogP contribution in [0.25, 0.3) is 6.08 Å². The van der Waals surface area contributed by atoms with E-state index in [0.717, 1.165) is 25.7 Å². The summed E-state index contributed by atoms with van der Waals surface area (Å²) in [5, 5.41) is 9.72. The zero-order valence-electron chi connectivity index (χ0n) is 24.7. The van der Waals surface area contributed by atoms with E-state index in [1.165, 1.54) is 103 Å². The molecule has 1 fully saturated rings. The molecule has 0 amide bonds. The summed E-state index contributed by atoms with van der Waals surface area (Å²) in [5.41, 5.74) is 0.691. The first-order valence-corrected chi connectivity index (χ1v) is 15.6. The Hall–Kier alpha value is -2.54. The molecule has 2 rings (SSSR count). The van der Waals surface area contributed by atoms with E-state index in [0.29, 0.717) is 24.3 Å². The minimum absolute atomic E-state index is 0.00928. The molecule has 1 unspecified atom stereocenters. The van der Waals surface area contributed by atoms with Gasteiger partial charge in [0.05, 0.1) is 7.11 Å². The van der Waals surface area contributed by atoms with E-state index in [1.807, 2.05) is 0 Å². The van der Waals surface area contributed by atoms with Crippen molar-refractivity contribution in [1.29, 1.82) is 0 Å². The number of esters is 2. The quantitative estimate of drug-likeness (QED) is 0.289. The first-order chi connectivity index (χ1) is 19.6. The minimum atomic E-state index is -0.522. The Morgan fingerprint density at radius 2 is 1.43 bits per heavy atom. The van der Waals surface area contributed by atoms with Crippen molar-refractivity contribution in [1.82, 2.24) is 0 Å². The smallest absolute Gasteiger partial charge is 0.330 e. The largest absolute Gasteiger partial charge is 0.504 e. The molecule has 1 atom stereocenters. The number of phenols is 1. The number of ether oxygens (including phenoxy) is 4. The lowest BCUT2D eigenvalue weighted by Gasteiger charge is -2.18. The number of cyclic esters (lactones) is 1. The second kappa shape index (κ2) is 22.2. The van der Waals surface area contributed by atoms with Gasteiger partial charge in [-0.25, -0.2) is 4.79 Å². The van der Waals surface area contributed by atoms with Gasteiger partial charge in [0.25, 0.3) is 0 Å². The molecule has 226 valence electrons. The number of carbonyl (C=O) groups excluding carboxylic acids is 2. The van der Waals surface area contributed by atoms with Crippen LogP contribution < -0.4 is 4.74 Å². The van der Waals surface area contributed by atoms with Crippen LogP contribution in [0.15, 0.2) is 24.3 Å². The molecule has 7 nitrogen and oxygen atoms in total. The SMILES string of the molecule is COc1cc(/C=C/C(=O)OCC2COC(=O)CCCCCCCCCCCCCCCCCCCO2)ccc1O. The fourth-order valence-electron chi connectivity index (χ4n) is 4.86. The fourth-order valence-corrected chi connectivity index (χ4v) is 4.86. The van der Waals surface area contributed by atoms with Crippen molar-refractivity contribution in [2.75, 3.05) is 26.9 Å². The summed E-state index contributed by atoms with van der Waals surface area (Å²) in [7, 11) is 1.47. The van der Waals surface area contributed by atoms with Crippen LogP contribution in [-0.4, -0.2) is 50.1 Å². The third kappa shape index (κ3) is 16.5. The number of rotatable bonds is 5. The van der Waals surface area contributed by atoms with Crippen LogP contribution in [0.4, 0.5) is 0 Å². The van der Waals surface area contributed by atoms with Gasteiger partial charge < -0.3 is 24.1 Å². The highest BCUT2D eigenvalue weighted by atomic mass is 16.6. The summed E-state index contributed by atoms with van der Waals surface area (Å²) in [6, 6.07) is 4.80. The lowest BCUT2D eigenvalue weighted by Crippen LogP contribution is -2.28. The zero-order valence-corrected chi connectivity index (χ0v) is 24.7. The maximum absolute atomic E-state index is 12.3. The highest BCUT2D eigenvalue weighted by Gasteiger charge is 2.15. The molecule has 1 saturated heterocycles. The van der Waals surface area contributed by atoms with Crippen LogP contribution in [0.5, 0.6) is 11.5 Å². The summed E-state index contributed by atoms with van der Waals surface area (Å²) >= 11 is 0. The maximum Gasteiger partial charge on any atom is 0.330 e. The highest BCUT2D eigenvalue weighted by molar-refractivity contribution is 5.87. The molecule has 7 heteroatoms.